The van der Waals surface area contributed by atoms with Gasteiger partial charge in [-0.3, -0.25) is 9.78 Å². The first-order valence-electron chi connectivity index (χ1n) is 3.69. The van der Waals surface area contributed by atoms with E-state index in [1.807, 2.05) is 7.05 Å². The molecule has 0 radical (unpaired) electrons. The lowest BCUT2D eigenvalue weighted by Crippen LogP contribution is -2.18. The highest BCUT2D eigenvalue weighted by Gasteiger charge is 1.96. The van der Waals surface area contributed by atoms with E-state index >= 15 is 0 Å². The summed E-state index contributed by atoms with van der Waals surface area (Å²) in [5.41, 5.74) is 0.618. The molecule has 0 fully saturated rings. The molecule has 0 aliphatic rings. The van der Waals surface area contributed by atoms with Crippen LogP contribution in [0.5, 0.6) is 0 Å². The Labute approximate surface area is 75.0 Å². The largest absolute Gasteiger partial charge is 0.338 e. The van der Waals surface area contributed by atoms with Crippen LogP contribution in [0, 0.1) is 4.77 Å². The second kappa shape index (κ2) is 4.18. The molecule has 0 aromatic carbocycles. The molecule has 0 unspecified atom stereocenters. The molecule has 0 saturated heterocycles. The number of likely N-dealkylation sites (N-methyl/N-ethyl adjacent to an activating group) is 1. The van der Waals surface area contributed by atoms with Gasteiger partial charge in [-0.15, -0.1) is 0 Å². The predicted molar refractivity (Wildman–Crippen MR) is 49.9 cm³/mol. The van der Waals surface area contributed by atoms with E-state index in [-0.39, 0.29) is 5.56 Å². The van der Waals surface area contributed by atoms with Crippen LogP contribution in [0.25, 0.3) is 0 Å². The SMILES string of the molecule is CNCCc1c[nH]c(=S)[nH]c1=O. The van der Waals surface area contributed by atoms with E-state index < -0.39 is 0 Å². The second-order valence-electron chi connectivity index (χ2n) is 2.45. The predicted octanol–water partition coefficient (Wildman–Crippen LogP) is 0.194. The standard InChI is InChI=1S/C7H11N3OS/c1-8-3-2-5-4-9-7(12)10-6(5)11/h4,8H,2-3H2,1H3,(H2,9,10,11,12). The summed E-state index contributed by atoms with van der Waals surface area (Å²) in [7, 11) is 1.85. The number of aromatic amines is 2. The molecule has 12 heavy (non-hydrogen) atoms. The summed E-state index contributed by atoms with van der Waals surface area (Å²) < 4.78 is 0.369. The van der Waals surface area contributed by atoms with Crippen molar-refractivity contribution >= 4 is 12.2 Å². The number of H-pyrrole nitrogens is 2. The molecule has 0 amide bonds. The van der Waals surface area contributed by atoms with Crippen molar-refractivity contribution in [3.63, 3.8) is 0 Å². The summed E-state index contributed by atoms with van der Waals surface area (Å²) in [4.78, 5) is 16.5. The van der Waals surface area contributed by atoms with Gasteiger partial charge >= 0.3 is 0 Å². The van der Waals surface area contributed by atoms with Crippen molar-refractivity contribution in [2.45, 2.75) is 6.42 Å². The normalized spacial score (nSPS) is 10.1. The Morgan fingerprint density at radius 1 is 1.67 bits per heavy atom. The molecule has 0 aliphatic carbocycles. The molecule has 0 spiro atoms. The zero-order valence-corrected chi connectivity index (χ0v) is 7.62. The Bertz CT molecular complexity index is 354. The number of rotatable bonds is 3. The summed E-state index contributed by atoms with van der Waals surface area (Å²) >= 11 is 4.74. The first kappa shape index (κ1) is 9.15. The fraction of sp³-hybridized carbons (Fsp3) is 0.429. The summed E-state index contributed by atoms with van der Waals surface area (Å²) in [6, 6.07) is 0. The van der Waals surface area contributed by atoms with Crippen LogP contribution in [0.3, 0.4) is 0 Å². The van der Waals surface area contributed by atoms with Crippen LogP contribution in [0.4, 0.5) is 0 Å². The zero-order chi connectivity index (χ0) is 8.97. The van der Waals surface area contributed by atoms with Gasteiger partial charge in [0.1, 0.15) is 0 Å². The lowest BCUT2D eigenvalue weighted by molar-refractivity contribution is 0.779. The summed E-state index contributed by atoms with van der Waals surface area (Å²) in [5, 5.41) is 2.97. The average Bonchev–Trinajstić information content (AvgIpc) is 2.03. The molecule has 0 atom stereocenters. The monoisotopic (exact) mass is 185 g/mol. The molecule has 0 bridgehead atoms. The van der Waals surface area contributed by atoms with E-state index in [0.29, 0.717) is 11.2 Å². The summed E-state index contributed by atoms with van der Waals surface area (Å²) in [6.07, 6.45) is 2.36. The third kappa shape index (κ3) is 2.28. The van der Waals surface area contributed by atoms with Gasteiger partial charge in [-0.25, -0.2) is 0 Å². The quantitative estimate of drug-likeness (QED) is 0.589. The van der Waals surface area contributed by atoms with Crippen molar-refractivity contribution in [2.24, 2.45) is 0 Å². The van der Waals surface area contributed by atoms with Gasteiger partial charge in [-0.1, -0.05) is 0 Å². The van der Waals surface area contributed by atoms with Crippen molar-refractivity contribution in [3.8, 4) is 0 Å². The van der Waals surface area contributed by atoms with Crippen LogP contribution in [-0.2, 0) is 6.42 Å². The molecular weight excluding hydrogens is 174 g/mol. The van der Waals surface area contributed by atoms with Gasteiger partial charge in [0.15, 0.2) is 4.77 Å². The smallest absolute Gasteiger partial charge is 0.254 e. The minimum Gasteiger partial charge on any atom is -0.338 e. The Hall–Kier alpha value is -0.940. The van der Waals surface area contributed by atoms with E-state index in [4.69, 9.17) is 12.2 Å². The second-order valence-corrected chi connectivity index (χ2v) is 2.86. The van der Waals surface area contributed by atoms with Crippen molar-refractivity contribution in [1.29, 1.82) is 0 Å². The van der Waals surface area contributed by atoms with Crippen molar-refractivity contribution in [2.75, 3.05) is 13.6 Å². The Kier molecular flexibility index (Phi) is 3.19. The fourth-order valence-electron chi connectivity index (χ4n) is 0.883. The van der Waals surface area contributed by atoms with E-state index in [0.717, 1.165) is 12.1 Å². The zero-order valence-electron chi connectivity index (χ0n) is 6.81. The van der Waals surface area contributed by atoms with Gasteiger partial charge in [0, 0.05) is 11.8 Å². The highest BCUT2D eigenvalue weighted by Crippen LogP contribution is 1.86. The maximum atomic E-state index is 11.2. The van der Waals surface area contributed by atoms with Crippen molar-refractivity contribution in [3.05, 3.63) is 26.9 Å². The molecule has 0 saturated carbocycles. The van der Waals surface area contributed by atoms with E-state index in [1.165, 1.54) is 0 Å². The molecular formula is C7H11N3OS. The van der Waals surface area contributed by atoms with Crippen LogP contribution >= 0.6 is 12.2 Å². The molecule has 1 heterocycles. The van der Waals surface area contributed by atoms with Crippen molar-refractivity contribution in [1.82, 2.24) is 15.3 Å². The van der Waals surface area contributed by atoms with Gasteiger partial charge in [0.25, 0.3) is 5.56 Å². The van der Waals surface area contributed by atoms with Gasteiger partial charge in [-0.2, -0.15) is 0 Å². The van der Waals surface area contributed by atoms with Crippen LogP contribution < -0.4 is 10.9 Å². The van der Waals surface area contributed by atoms with E-state index in [2.05, 4.69) is 15.3 Å². The Balaban J connectivity index is 2.87. The molecule has 1 aromatic heterocycles. The number of hydrogen-bond acceptors (Lipinski definition) is 3. The lowest BCUT2D eigenvalue weighted by atomic mass is 10.2. The van der Waals surface area contributed by atoms with Gasteiger partial charge < -0.3 is 10.3 Å². The third-order valence-electron chi connectivity index (χ3n) is 1.54. The summed E-state index contributed by atoms with van der Waals surface area (Å²) in [5.74, 6) is 0. The van der Waals surface area contributed by atoms with E-state index in [9.17, 15) is 4.79 Å². The molecule has 3 N–H and O–H groups in total. The van der Waals surface area contributed by atoms with Gasteiger partial charge in [0.2, 0.25) is 0 Å². The van der Waals surface area contributed by atoms with Crippen LogP contribution in [0.1, 0.15) is 5.56 Å². The van der Waals surface area contributed by atoms with Crippen LogP contribution in [-0.4, -0.2) is 23.6 Å². The lowest BCUT2D eigenvalue weighted by Gasteiger charge is -1.97. The van der Waals surface area contributed by atoms with E-state index in [1.54, 1.807) is 6.20 Å². The first-order chi connectivity index (χ1) is 5.74. The molecule has 1 rings (SSSR count). The highest BCUT2D eigenvalue weighted by atomic mass is 32.1. The minimum absolute atomic E-state index is 0.103. The Morgan fingerprint density at radius 3 is 3.00 bits per heavy atom. The summed E-state index contributed by atoms with van der Waals surface area (Å²) in [6.45, 7) is 0.785. The Morgan fingerprint density at radius 2 is 2.42 bits per heavy atom. The molecule has 4 nitrogen and oxygen atoms in total. The topological polar surface area (TPSA) is 60.7 Å². The highest BCUT2D eigenvalue weighted by molar-refractivity contribution is 7.71. The van der Waals surface area contributed by atoms with Gasteiger partial charge in [0.05, 0.1) is 0 Å². The molecule has 1 aromatic rings. The number of hydrogen-bond donors (Lipinski definition) is 3. The number of aromatic nitrogens is 2. The van der Waals surface area contributed by atoms with Crippen LogP contribution in [0.2, 0.25) is 0 Å². The van der Waals surface area contributed by atoms with Crippen molar-refractivity contribution < 1.29 is 0 Å². The average molecular weight is 185 g/mol. The van der Waals surface area contributed by atoms with Gasteiger partial charge in [-0.05, 0) is 32.2 Å². The molecule has 5 heteroatoms. The maximum Gasteiger partial charge on any atom is 0.254 e. The first-order valence-corrected chi connectivity index (χ1v) is 4.10. The molecule has 66 valence electrons. The molecule has 0 aliphatic heterocycles. The maximum absolute atomic E-state index is 11.2. The fourth-order valence-corrected chi connectivity index (χ4v) is 1.03. The minimum atomic E-state index is -0.103. The number of nitrogens with one attached hydrogen (secondary N) is 3. The van der Waals surface area contributed by atoms with Crippen LogP contribution in [0.15, 0.2) is 11.0 Å². The third-order valence-corrected chi connectivity index (χ3v) is 1.76.